The highest BCUT2D eigenvalue weighted by molar-refractivity contribution is 5.32. The molecule has 0 bridgehead atoms. The average molecular weight is 573 g/mol. The second kappa shape index (κ2) is 21.7. The van der Waals surface area contributed by atoms with Crippen molar-refractivity contribution in [3.63, 3.8) is 0 Å². The van der Waals surface area contributed by atoms with Crippen LogP contribution in [0, 0.1) is 0 Å². The number of allylic oxidation sites excluding steroid dienone is 22. The molecule has 0 heterocycles. The van der Waals surface area contributed by atoms with Crippen LogP contribution in [0.5, 0.6) is 0 Å². The number of hydrogen-bond donors (Lipinski definition) is 2. The minimum absolute atomic E-state index is 0.579. The van der Waals surface area contributed by atoms with Crippen molar-refractivity contribution in [3.05, 3.63) is 131 Å². The van der Waals surface area contributed by atoms with Gasteiger partial charge in [-0.15, -0.1) is 0 Å². The predicted molar refractivity (Wildman–Crippen MR) is 189 cm³/mol. The van der Waals surface area contributed by atoms with Crippen LogP contribution in [0.3, 0.4) is 0 Å². The predicted octanol–water partition coefficient (Wildman–Crippen LogP) is 11.3. The highest BCUT2D eigenvalue weighted by Gasteiger charge is 2.11. The summed E-state index contributed by atoms with van der Waals surface area (Å²) in [5.41, 5.74) is 6.28. The molecule has 0 spiro atoms. The molecule has 232 valence electrons. The summed E-state index contributed by atoms with van der Waals surface area (Å²) in [6.45, 7) is 20.2. The lowest BCUT2D eigenvalue weighted by atomic mass is 9.99. The van der Waals surface area contributed by atoms with E-state index in [1.54, 1.807) is 0 Å². The number of rotatable bonds is 18. The van der Waals surface area contributed by atoms with Crippen LogP contribution in [0.2, 0.25) is 0 Å². The van der Waals surface area contributed by atoms with Gasteiger partial charge in [-0.05, 0) is 108 Å². The van der Waals surface area contributed by atoms with Crippen molar-refractivity contribution in [2.24, 2.45) is 0 Å². The third kappa shape index (κ3) is 27.2. The minimum atomic E-state index is -0.579. The summed E-state index contributed by atoms with van der Waals surface area (Å²) < 4.78 is 0. The van der Waals surface area contributed by atoms with E-state index < -0.39 is 11.2 Å². The van der Waals surface area contributed by atoms with Crippen LogP contribution < -0.4 is 0 Å². The summed E-state index contributed by atoms with van der Waals surface area (Å²) in [6, 6.07) is 0. The third-order valence-electron chi connectivity index (χ3n) is 6.46. The summed E-state index contributed by atoms with van der Waals surface area (Å²) in [5.74, 6) is 0. The molecule has 0 aromatic rings. The van der Waals surface area contributed by atoms with E-state index in [0.29, 0.717) is 0 Å². The zero-order valence-electron chi connectivity index (χ0n) is 28.4. The fraction of sp³-hybridized carbons (Fsp3) is 0.450. The van der Waals surface area contributed by atoms with Gasteiger partial charge >= 0.3 is 0 Å². The lowest BCUT2D eigenvalue weighted by Crippen LogP contribution is -2.17. The maximum absolute atomic E-state index is 9.82. The van der Waals surface area contributed by atoms with Crippen molar-refractivity contribution in [2.45, 2.75) is 119 Å². The van der Waals surface area contributed by atoms with Gasteiger partial charge in [0.15, 0.2) is 0 Å². The van der Waals surface area contributed by atoms with E-state index in [1.165, 1.54) is 33.4 Å². The molecule has 2 nitrogen and oxygen atoms in total. The van der Waals surface area contributed by atoms with Crippen molar-refractivity contribution in [1.82, 2.24) is 0 Å². The van der Waals surface area contributed by atoms with Crippen LogP contribution in [0.15, 0.2) is 131 Å². The zero-order valence-corrected chi connectivity index (χ0v) is 28.4. The van der Waals surface area contributed by atoms with Gasteiger partial charge in [0.2, 0.25) is 0 Å². The maximum Gasteiger partial charge on any atom is 0.0591 e. The Kier molecular flexibility index (Phi) is 20.2. The Morgan fingerprint density at radius 3 is 0.976 bits per heavy atom. The molecule has 0 atom stereocenters. The van der Waals surface area contributed by atoms with Gasteiger partial charge in [-0.2, -0.15) is 0 Å². The molecular formula is C40H60O2. The molecule has 0 amide bonds. The van der Waals surface area contributed by atoms with Gasteiger partial charge in [-0.1, -0.05) is 131 Å². The van der Waals surface area contributed by atoms with Gasteiger partial charge in [-0.25, -0.2) is 0 Å². The van der Waals surface area contributed by atoms with Gasteiger partial charge in [0.25, 0.3) is 0 Å². The van der Waals surface area contributed by atoms with E-state index >= 15 is 0 Å². The maximum atomic E-state index is 9.82. The van der Waals surface area contributed by atoms with E-state index in [9.17, 15) is 10.2 Å². The molecule has 0 aliphatic carbocycles. The van der Waals surface area contributed by atoms with Crippen LogP contribution in [-0.2, 0) is 0 Å². The highest BCUT2D eigenvalue weighted by Crippen LogP contribution is 2.16. The first-order valence-corrected chi connectivity index (χ1v) is 15.4. The molecule has 0 aromatic carbocycles. The second-order valence-electron chi connectivity index (χ2n) is 12.8. The first-order chi connectivity index (χ1) is 19.6. The highest BCUT2D eigenvalue weighted by atomic mass is 16.3. The zero-order chi connectivity index (χ0) is 32.0. The summed E-state index contributed by atoms with van der Waals surface area (Å²) in [7, 11) is 0. The van der Waals surface area contributed by atoms with Crippen LogP contribution in [0.1, 0.15) is 108 Å². The average Bonchev–Trinajstić information content (AvgIpc) is 2.85. The Labute approximate surface area is 259 Å². The van der Waals surface area contributed by atoms with Crippen molar-refractivity contribution in [3.8, 4) is 0 Å². The van der Waals surface area contributed by atoms with Crippen molar-refractivity contribution < 1.29 is 10.2 Å². The molecule has 2 heteroatoms. The van der Waals surface area contributed by atoms with Gasteiger partial charge in [0.1, 0.15) is 0 Å². The normalized spacial score (nSPS) is 16.1. The molecule has 0 unspecified atom stereocenters. The van der Waals surface area contributed by atoms with Gasteiger partial charge in [0, 0.05) is 0 Å². The fourth-order valence-corrected chi connectivity index (χ4v) is 3.83. The van der Waals surface area contributed by atoms with Gasteiger partial charge < -0.3 is 10.2 Å². The number of aliphatic hydroxyl groups is 2. The van der Waals surface area contributed by atoms with Gasteiger partial charge in [-0.3, -0.25) is 0 Å². The monoisotopic (exact) mass is 572 g/mol. The van der Waals surface area contributed by atoms with Crippen molar-refractivity contribution in [2.75, 3.05) is 0 Å². The van der Waals surface area contributed by atoms with Crippen LogP contribution in [-0.4, -0.2) is 21.4 Å². The fourth-order valence-electron chi connectivity index (χ4n) is 3.83. The minimum Gasteiger partial charge on any atom is -0.390 e. The Morgan fingerprint density at radius 2 is 0.690 bits per heavy atom. The first kappa shape index (κ1) is 39.1. The second-order valence-corrected chi connectivity index (χ2v) is 12.8. The van der Waals surface area contributed by atoms with Crippen LogP contribution >= 0.6 is 0 Å². The molecule has 0 radical (unpaired) electrons. The SMILES string of the molecule is CC(/C=C/C=C(C)/C=C/C=C(\C)CCCC(C)(C)O)=C\C=C\C=C(C)\C=C\C=C(C)\C=C\C=C(/C)CCCC(C)(C)O. The molecule has 42 heavy (non-hydrogen) atoms. The molecular weight excluding hydrogens is 512 g/mol. The Hall–Kier alpha value is -2.94. The molecule has 0 saturated heterocycles. The van der Waals surface area contributed by atoms with Crippen molar-refractivity contribution >= 4 is 0 Å². The molecule has 0 aliphatic rings. The molecule has 2 N–H and O–H groups in total. The molecule has 0 aliphatic heterocycles. The first-order valence-electron chi connectivity index (χ1n) is 15.4. The summed E-state index contributed by atoms with van der Waals surface area (Å²) in [4.78, 5) is 0. The summed E-state index contributed by atoms with van der Waals surface area (Å²) in [5, 5.41) is 19.6. The molecule has 0 rings (SSSR count). The van der Waals surface area contributed by atoms with Crippen LogP contribution in [0.25, 0.3) is 0 Å². The lowest BCUT2D eigenvalue weighted by Gasteiger charge is -2.16. The lowest BCUT2D eigenvalue weighted by molar-refractivity contribution is 0.0683. The van der Waals surface area contributed by atoms with Crippen molar-refractivity contribution in [1.29, 1.82) is 0 Å². The van der Waals surface area contributed by atoms with Crippen LogP contribution in [0.4, 0.5) is 0 Å². The Morgan fingerprint density at radius 1 is 0.429 bits per heavy atom. The number of hydrogen-bond acceptors (Lipinski definition) is 2. The van der Waals surface area contributed by atoms with E-state index in [0.717, 1.165) is 38.5 Å². The van der Waals surface area contributed by atoms with E-state index in [2.05, 4.69) is 139 Å². The van der Waals surface area contributed by atoms with E-state index in [4.69, 9.17) is 0 Å². The molecule has 0 fully saturated rings. The summed E-state index contributed by atoms with van der Waals surface area (Å²) >= 11 is 0. The standard InChI is InChI=1S/C40H60O2/c1-33(21-13-23-35(3)25-15-27-37(5)29-17-31-39(7,8)41)19-11-12-20-34(2)22-14-24-36(4)26-16-28-38(6)30-18-32-40(9,10)42/h11-16,19-28,41-42H,17-18,29-32H2,1-10H3/b12-11+,21-13+,22-14+,25-15+,26-16+,33-19+,34-20+,35-23+,36-24+,37-27+,38-28+. The topological polar surface area (TPSA) is 40.5 Å². The Balaban J connectivity index is 4.67. The van der Waals surface area contributed by atoms with Gasteiger partial charge in [0.05, 0.1) is 11.2 Å². The largest absolute Gasteiger partial charge is 0.390 e. The molecule has 0 aromatic heterocycles. The third-order valence-corrected chi connectivity index (χ3v) is 6.46. The smallest absolute Gasteiger partial charge is 0.0591 e. The Bertz CT molecular complexity index is 1030. The molecule has 0 saturated carbocycles. The van der Waals surface area contributed by atoms with E-state index in [-0.39, 0.29) is 0 Å². The van der Waals surface area contributed by atoms with E-state index in [1.807, 2.05) is 27.7 Å². The summed E-state index contributed by atoms with van der Waals surface area (Å²) in [6.07, 6.45) is 39.4. The quantitative estimate of drug-likeness (QED) is 0.160.